The van der Waals surface area contributed by atoms with E-state index in [9.17, 15) is 0 Å². The molecule has 0 bridgehead atoms. The largest absolute Gasteiger partial charge is 0.468 e. The molecule has 0 aromatic carbocycles. The van der Waals surface area contributed by atoms with Gasteiger partial charge in [0.1, 0.15) is 0 Å². The van der Waals surface area contributed by atoms with Crippen molar-refractivity contribution in [3.8, 4) is 0 Å². The highest BCUT2D eigenvalue weighted by Gasteiger charge is 2.42. The lowest BCUT2D eigenvalue weighted by atomic mass is 10.1. The van der Waals surface area contributed by atoms with E-state index in [2.05, 4.69) is 46.2 Å². The number of hydrogen-bond donors (Lipinski definition) is 0. The van der Waals surface area contributed by atoms with Crippen molar-refractivity contribution in [1.82, 2.24) is 0 Å². The second-order valence-corrected chi connectivity index (χ2v) is 18.7. The maximum atomic E-state index is 6.43. The predicted octanol–water partition coefficient (Wildman–Crippen LogP) is 5.46. The van der Waals surface area contributed by atoms with E-state index in [1.54, 1.807) is 0 Å². The third-order valence-electron chi connectivity index (χ3n) is 3.83. The van der Waals surface area contributed by atoms with Crippen molar-refractivity contribution < 1.29 is 12.3 Å². The summed E-state index contributed by atoms with van der Waals surface area (Å²) in [7, 11) is -5.80. The molecule has 0 fully saturated rings. The molecule has 0 radical (unpaired) electrons. The van der Waals surface area contributed by atoms with Gasteiger partial charge in [-0.2, -0.15) is 0 Å². The van der Waals surface area contributed by atoms with Gasteiger partial charge in [-0.05, 0) is 45.7 Å². The Morgan fingerprint density at radius 2 is 0.875 bits per heavy atom. The molecule has 0 unspecified atom stereocenters. The van der Waals surface area contributed by atoms with Crippen molar-refractivity contribution >= 4 is 35.9 Å². The summed E-state index contributed by atoms with van der Waals surface area (Å²) in [5, 5.41) is 0. The highest BCUT2D eigenvalue weighted by molar-refractivity contribution is 6.79. The van der Waals surface area contributed by atoms with Crippen LogP contribution in [0, 0.1) is 0 Å². The molecule has 0 amide bonds. The molecule has 24 heavy (non-hydrogen) atoms. The Bertz CT molecular complexity index is 262. The average Bonchev–Trinajstić information content (AvgIpc) is 2.43. The van der Waals surface area contributed by atoms with Gasteiger partial charge in [-0.25, -0.2) is 0 Å². The van der Waals surface area contributed by atoms with Crippen LogP contribution in [0.1, 0.15) is 64.7 Å². The average molecular weight is 409 g/mol. The minimum Gasteiger partial charge on any atom is -0.420 e. The van der Waals surface area contributed by atoms with Crippen molar-refractivity contribution in [1.29, 1.82) is 0 Å². The topological polar surface area (TPSA) is 27.7 Å². The van der Waals surface area contributed by atoms with E-state index in [0.29, 0.717) is 0 Å². The molecule has 3 nitrogen and oxygen atoms in total. The first kappa shape index (κ1) is 24.7. The van der Waals surface area contributed by atoms with E-state index >= 15 is 0 Å². The van der Waals surface area contributed by atoms with Gasteiger partial charge in [-0.15, -0.1) is 0 Å². The SMILES string of the molecule is CCCCCCCCCCC[Si](O[SiH](C)C)(O[SiH](C)C)O[SiH](C)C. The molecule has 7 heteroatoms. The molecule has 146 valence electrons. The monoisotopic (exact) mass is 408 g/mol. The van der Waals surface area contributed by atoms with Gasteiger partial charge in [0.25, 0.3) is 0 Å². The molecule has 0 aromatic heterocycles. The van der Waals surface area contributed by atoms with Crippen LogP contribution in [0.3, 0.4) is 0 Å². The van der Waals surface area contributed by atoms with E-state index in [1.807, 2.05) is 0 Å². The Labute approximate surface area is 158 Å². The molecule has 0 aliphatic carbocycles. The van der Waals surface area contributed by atoms with Gasteiger partial charge in [0.15, 0.2) is 27.1 Å². The molecule has 0 heterocycles. The van der Waals surface area contributed by atoms with Crippen molar-refractivity contribution in [2.24, 2.45) is 0 Å². The van der Waals surface area contributed by atoms with Crippen molar-refractivity contribution in [2.45, 2.75) is 110 Å². The third kappa shape index (κ3) is 14.0. The van der Waals surface area contributed by atoms with Crippen molar-refractivity contribution in [3.05, 3.63) is 0 Å². The lowest BCUT2D eigenvalue weighted by Gasteiger charge is -2.35. The summed E-state index contributed by atoms with van der Waals surface area (Å²) in [5.74, 6) is 0. The van der Waals surface area contributed by atoms with Gasteiger partial charge in [0.05, 0.1) is 0 Å². The Balaban J connectivity index is 4.24. The molecule has 0 aliphatic rings. The zero-order valence-corrected chi connectivity index (χ0v) is 22.0. The van der Waals surface area contributed by atoms with Crippen LogP contribution in [0.4, 0.5) is 0 Å². The first-order valence-corrected chi connectivity index (χ1v) is 20.6. The molecule has 0 spiro atoms. The Morgan fingerprint density at radius 3 is 1.21 bits per heavy atom. The van der Waals surface area contributed by atoms with Gasteiger partial charge in [-0.3, -0.25) is 0 Å². The fraction of sp³-hybridized carbons (Fsp3) is 1.00. The third-order valence-corrected chi connectivity index (χ3v) is 14.8. The molecule has 0 aliphatic heterocycles. The van der Waals surface area contributed by atoms with Crippen LogP contribution >= 0.6 is 0 Å². The molecular weight excluding hydrogens is 365 g/mol. The Kier molecular flexibility index (Phi) is 15.3. The molecule has 0 N–H and O–H groups in total. The molecule has 0 saturated heterocycles. The number of rotatable bonds is 16. The summed E-state index contributed by atoms with van der Waals surface area (Å²) in [6.07, 6.45) is 12.2. The summed E-state index contributed by atoms with van der Waals surface area (Å²) in [5.41, 5.74) is 0. The summed E-state index contributed by atoms with van der Waals surface area (Å²) < 4.78 is 19.3. The first-order chi connectivity index (χ1) is 11.3. The zero-order valence-electron chi connectivity index (χ0n) is 17.5. The Morgan fingerprint density at radius 1 is 0.542 bits per heavy atom. The lowest BCUT2D eigenvalue weighted by molar-refractivity contribution is 0.266. The van der Waals surface area contributed by atoms with E-state index in [-0.39, 0.29) is 0 Å². The maximum Gasteiger partial charge on any atom is 0.468 e. The van der Waals surface area contributed by atoms with Crippen molar-refractivity contribution in [3.63, 3.8) is 0 Å². The van der Waals surface area contributed by atoms with Gasteiger partial charge in [0, 0.05) is 6.04 Å². The van der Waals surface area contributed by atoms with E-state index in [4.69, 9.17) is 12.3 Å². The number of unbranched alkanes of at least 4 members (excludes halogenated alkanes) is 8. The molecule has 0 rings (SSSR count). The minimum absolute atomic E-state index is 1.05. The highest BCUT2D eigenvalue weighted by atomic mass is 28.5. The second-order valence-electron chi connectivity index (χ2n) is 7.76. The summed E-state index contributed by atoms with van der Waals surface area (Å²) in [6.45, 7) is 15.7. The van der Waals surface area contributed by atoms with Gasteiger partial charge >= 0.3 is 8.80 Å². The summed E-state index contributed by atoms with van der Waals surface area (Å²) in [4.78, 5) is 0. The van der Waals surface area contributed by atoms with Crippen LogP contribution in [-0.2, 0) is 12.3 Å². The fourth-order valence-electron chi connectivity index (χ4n) is 2.99. The lowest BCUT2D eigenvalue weighted by Crippen LogP contribution is -2.53. The van der Waals surface area contributed by atoms with Crippen LogP contribution in [-0.4, -0.2) is 35.9 Å². The van der Waals surface area contributed by atoms with E-state index < -0.39 is 35.9 Å². The van der Waals surface area contributed by atoms with Crippen LogP contribution < -0.4 is 0 Å². The van der Waals surface area contributed by atoms with Gasteiger partial charge in [-0.1, -0.05) is 58.3 Å². The Hall–Kier alpha value is 0.748. The van der Waals surface area contributed by atoms with E-state index in [1.165, 1.54) is 57.8 Å². The van der Waals surface area contributed by atoms with Crippen LogP contribution in [0.5, 0.6) is 0 Å². The highest BCUT2D eigenvalue weighted by Crippen LogP contribution is 2.23. The van der Waals surface area contributed by atoms with Crippen molar-refractivity contribution in [2.75, 3.05) is 0 Å². The summed E-state index contributed by atoms with van der Waals surface area (Å²) in [6, 6.07) is 1.05. The molecular formula is C17H44O3Si4. The first-order valence-electron chi connectivity index (χ1n) is 10.3. The molecule has 0 saturated carbocycles. The van der Waals surface area contributed by atoms with Crippen LogP contribution in [0.15, 0.2) is 0 Å². The smallest absolute Gasteiger partial charge is 0.420 e. The standard InChI is InChI=1S/C17H44O3Si4/c1-8-9-10-11-12-13-14-15-16-17-24(18-21(2)3,19-22(4)5)20-23(6)7/h21-23H,8-17H2,1-7H3. The van der Waals surface area contributed by atoms with E-state index in [0.717, 1.165) is 6.04 Å². The zero-order chi connectivity index (χ0) is 18.4. The number of hydrogen-bond acceptors (Lipinski definition) is 3. The molecule has 0 atom stereocenters. The minimum atomic E-state index is -2.39. The molecule has 0 aromatic rings. The van der Waals surface area contributed by atoms with Crippen LogP contribution in [0.2, 0.25) is 45.3 Å². The van der Waals surface area contributed by atoms with Gasteiger partial charge < -0.3 is 12.3 Å². The maximum absolute atomic E-state index is 6.43. The fourth-order valence-corrected chi connectivity index (χ4v) is 15.9. The van der Waals surface area contributed by atoms with Crippen LogP contribution in [0.25, 0.3) is 0 Å². The quantitative estimate of drug-likeness (QED) is 0.251. The second kappa shape index (κ2) is 14.9. The normalized spacial score (nSPS) is 12.8. The predicted molar refractivity (Wildman–Crippen MR) is 118 cm³/mol. The summed E-state index contributed by atoms with van der Waals surface area (Å²) >= 11 is 0. The van der Waals surface area contributed by atoms with Gasteiger partial charge in [0.2, 0.25) is 0 Å².